The van der Waals surface area contributed by atoms with Gasteiger partial charge in [-0.2, -0.15) is 8.75 Å². The van der Waals surface area contributed by atoms with Gasteiger partial charge in [0, 0.05) is 9.75 Å². The number of rotatable bonds is 4. The van der Waals surface area contributed by atoms with Gasteiger partial charge in [0.2, 0.25) is 0 Å². The van der Waals surface area contributed by atoms with E-state index in [1.54, 1.807) is 0 Å². The summed E-state index contributed by atoms with van der Waals surface area (Å²) >= 11 is 9.35. The molecule has 2 aromatic heterocycles. The van der Waals surface area contributed by atoms with E-state index < -0.39 is 0 Å². The number of nitrogens with one attached hydrogen (secondary N) is 1. The Hall–Kier alpha value is -1.17. The maximum Gasteiger partial charge on any atom is 0.129 e. The van der Waals surface area contributed by atoms with E-state index in [2.05, 4.69) is 40.0 Å². The van der Waals surface area contributed by atoms with Gasteiger partial charge in [-0.1, -0.05) is 18.5 Å². The van der Waals surface area contributed by atoms with Crippen molar-refractivity contribution < 1.29 is 0 Å². The van der Waals surface area contributed by atoms with Crippen LogP contribution < -0.4 is 5.32 Å². The number of nitrogens with zero attached hydrogens (tertiary/aromatic N) is 2. The van der Waals surface area contributed by atoms with Crippen LogP contribution in [0.2, 0.25) is 5.02 Å². The monoisotopic (exact) mass is 323 g/mol. The van der Waals surface area contributed by atoms with E-state index in [-0.39, 0.29) is 6.04 Å². The van der Waals surface area contributed by atoms with Crippen molar-refractivity contribution in [1.29, 1.82) is 0 Å². The van der Waals surface area contributed by atoms with Crippen LogP contribution in [-0.2, 0) is 6.42 Å². The first-order valence-electron chi connectivity index (χ1n) is 6.45. The van der Waals surface area contributed by atoms with Crippen molar-refractivity contribution in [3.05, 3.63) is 39.0 Å². The molecule has 0 aliphatic rings. The largest absolute Gasteiger partial charge is 0.375 e. The number of fused-ring (bicyclic) bond motifs is 1. The number of aromatic nitrogens is 2. The van der Waals surface area contributed by atoms with Gasteiger partial charge < -0.3 is 5.32 Å². The Morgan fingerprint density at radius 2 is 2.10 bits per heavy atom. The molecule has 1 aromatic carbocycles. The molecule has 0 radical (unpaired) electrons. The Balaban J connectivity index is 1.92. The van der Waals surface area contributed by atoms with Gasteiger partial charge in [0.1, 0.15) is 11.0 Å². The van der Waals surface area contributed by atoms with Gasteiger partial charge in [-0.05, 0) is 37.6 Å². The molecule has 0 saturated heterocycles. The summed E-state index contributed by atoms with van der Waals surface area (Å²) in [5.74, 6) is 0. The SMILES string of the molecule is CCc1ccc(C(C)Nc2c(Cl)ccc3nsnc23)s1. The van der Waals surface area contributed by atoms with Gasteiger partial charge in [-0.25, -0.2) is 0 Å². The van der Waals surface area contributed by atoms with Crippen LogP contribution in [0.25, 0.3) is 11.0 Å². The Morgan fingerprint density at radius 1 is 1.25 bits per heavy atom. The summed E-state index contributed by atoms with van der Waals surface area (Å²) in [7, 11) is 0. The molecule has 1 N–H and O–H groups in total. The van der Waals surface area contributed by atoms with Crippen LogP contribution in [0.5, 0.6) is 0 Å². The maximum absolute atomic E-state index is 6.30. The average molecular weight is 324 g/mol. The van der Waals surface area contributed by atoms with Gasteiger partial charge in [0.05, 0.1) is 28.5 Å². The van der Waals surface area contributed by atoms with Gasteiger partial charge in [0.15, 0.2) is 0 Å². The molecule has 1 unspecified atom stereocenters. The van der Waals surface area contributed by atoms with E-state index in [1.807, 2.05) is 23.5 Å². The molecule has 0 spiro atoms. The zero-order valence-electron chi connectivity index (χ0n) is 11.2. The number of hydrogen-bond donors (Lipinski definition) is 1. The Bertz CT molecular complexity index is 735. The molecule has 0 aliphatic carbocycles. The minimum atomic E-state index is 0.199. The van der Waals surface area contributed by atoms with Crippen LogP contribution in [0.15, 0.2) is 24.3 Å². The van der Waals surface area contributed by atoms with Crippen molar-refractivity contribution in [2.75, 3.05) is 5.32 Å². The lowest BCUT2D eigenvalue weighted by atomic mass is 10.2. The highest BCUT2D eigenvalue weighted by atomic mass is 35.5. The summed E-state index contributed by atoms with van der Waals surface area (Å²) in [6.45, 7) is 4.31. The predicted octanol–water partition coefficient (Wildman–Crippen LogP) is 5.14. The second kappa shape index (κ2) is 5.68. The number of benzene rings is 1. The first-order valence-corrected chi connectivity index (χ1v) is 8.37. The lowest BCUT2D eigenvalue weighted by Crippen LogP contribution is -2.05. The number of aryl methyl sites for hydroxylation is 1. The molecule has 20 heavy (non-hydrogen) atoms. The van der Waals surface area contributed by atoms with E-state index >= 15 is 0 Å². The smallest absolute Gasteiger partial charge is 0.129 e. The highest BCUT2D eigenvalue weighted by molar-refractivity contribution is 7.12. The molecule has 0 fully saturated rings. The van der Waals surface area contributed by atoms with Gasteiger partial charge in [-0.3, -0.25) is 0 Å². The van der Waals surface area contributed by atoms with Gasteiger partial charge in [-0.15, -0.1) is 11.3 Å². The summed E-state index contributed by atoms with van der Waals surface area (Å²) in [4.78, 5) is 2.70. The molecule has 6 heteroatoms. The van der Waals surface area contributed by atoms with E-state index in [4.69, 9.17) is 11.6 Å². The number of halogens is 1. The topological polar surface area (TPSA) is 37.8 Å². The summed E-state index contributed by atoms with van der Waals surface area (Å²) in [5.41, 5.74) is 2.60. The molecule has 3 rings (SSSR count). The van der Waals surface area contributed by atoms with Crippen LogP contribution in [-0.4, -0.2) is 8.75 Å². The van der Waals surface area contributed by atoms with Crippen LogP contribution in [0, 0.1) is 0 Å². The quantitative estimate of drug-likeness (QED) is 0.722. The lowest BCUT2D eigenvalue weighted by molar-refractivity contribution is 0.910. The molecule has 2 heterocycles. The molecule has 104 valence electrons. The number of hydrogen-bond acceptors (Lipinski definition) is 5. The standard InChI is InChI=1S/C14H14ClN3S2/c1-3-9-4-7-12(19-9)8(2)16-13-10(15)5-6-11-14(13)18-20-17-11/h4-8,16H,3H2,1-2H3. The first kappa shape index (κ1) is 13.8. The van der Waals surface area contributed by atoms with Crippen molar-refractivity contribution in [3.8, 4) is 0 Å². The molecule has 1 atom stereocenters. The minimum Gasteiger partial charge on any atom is -0.375 e. The Labute approximate surface area is 130 Å². The molecular formula is C14H14ClN3S2. The highest BCUT2D eigenvalue weighted by Gasteiger charge is 2.14. The number of anilines is 1. The zero-order chi connectivity index (χ0) is 14.1. The fourth-order valence-corrected chi connectivity index (χ4v) is 3.77. The third kappa shape index (κ3) is 2.53. The molecule has 0 saturated carbocycles. The van der Waals surface area contributed by atoms with Gasteiger partial charge in [0.25, 0.3) is 0 Å². The van der Waals surface area contributed by atoms with Crippen molar-refractivity contribution in [2.24, 2.45) is 0 Å². The zero-order valence-corrected chi connectivity index (χ0v) is 13.6. The van der Waals surface area contributed by atoms with E-state index in [0.717, 1.165) is 23.1 Å². The molecule has 0 aliphatic heterocycles. The third-order valence-corrected chi connectivity index (χ3v) is 5.47. The predicted molar refractivity (Wildman–Crippen MR) is 88.2 cm³/mol. The van der Waals surface area contributed by atoms with E-state index in [1.165, 1.54) is 21.5 Å². The Kier molecular flexibility index (Phi) is 3.92. The van der Waals surface area contributed by atoms with E-state index in [0.29, 0.717) is 5.02 Å². The van der Waals surface area contributed by atoms with Crippen LogP contribution >= 0.6 is 34.7 Å². The fourth-order valence-electron chi connectivity index (χ4n) is 2.07. The fraction of sp³-hybridized carbons (Fsp3) is 0.286. The summed E-state index contributed by atoms with van der Waals surface area (Å²) in [5, 5.41) is 4.16. The van der Waals surface area contributed by atoms with Gasteiger partial charge >= 0.3 is 0 Å². The summed E-state index contributed by atoms with van der Waals surface area (Å²) in [6, 6.07) is 8.33. The van der Waals surface area contributed by atoms with Crippen molar-refractivity contribution >= 4 is 51.4 Å². The normalized spacial score (nSPS) is 12.8. The van der Waals surface area contributed by atoms with Crippen molar-refractivity contribution in [3.63, 3.8) is 0 Å². The third-order valence-electron chi connectivity index (χ3n) is 3.20. The maximum atomic E-state index is 6.30. The van der Waals surface area contributed by atoms with Crippen LogP contribution in [0.3, 0.4) is 0 Å². The summed E-state index contributed by atoms with van der Waals surface area (Å²) < 4.78 is 8.59. The molecule has 0 amide bonds. The first-order chi connectivity index (χ1) is 9.69. The van der Waals surface area contributed by atoms with Crippen molar-refractivity contribution in [2.45, 2.75) is 26.3 Å². The second-order valence-electron chi connectivity index (χ2n) is 4.58. The van der Waals surface area contributed by atoms with Crippen molar-refractivity contribution in [1.82, 2.24) is 8.75 Å². The average Bonchev–Trinajstić information content (AvgIpc) is 3.09. The van der Waals surface area contributed by atoms with Crippen LogP contribution in [0.1, 0.15) is 29.6 Å². The van der Waals surface area contributed by atoms with Crippen LogP contribution in [0.4, 0.5) is 5.69 Å². The number of thiophene rings is 1. The lowest BCUT2D eigenvalue weighted by Gasteiger charge is -2.15. The summed E-state index contributed by atoms with van der Waals surface area (Å²) in [6.07, 6.45) is 1.07. The molecular weight excluding hydrogens is 310 g/mol. The highest BCUT2D eigenvalue weighted by Crippen LogP contribution is 2.34. The van der Waals surface area contributed by atoms with E-state index in [9.17, 15) is 0 Å². The minimum absolute atomic E-state index is 0.199. The second-order valence-corrected chi connectivity index (χ2v) is 6.71. The Morgan fingerprint density at radius 3 is 2.85 bits per heavy atom. The molecule has 3 nitrogen and oxygen atoms in total. The molecule has 3 aromatic rings. The molecule has 0 bridgehead atoms.